The number of unbranched alkanes of at least 4 members (excludes halogenated alkanes) is 22. The van der Waals surface area contributed by atoms with E-state index in [2.05, 4.69) is 25.7 Å². The zero-order valence-electron chi connectivity index (χ0n) is 33.3. The number of aliphatic hydroxyl groups is 1. The van der Waals surface area contributed by atoms with Crippen molar-refractivity contribution in [1.29, 1.82) is 0 Å². The molecule has 0 aromatic carbocycles. The predicted octanol–water partition coefficient (Wildman–Crippen LogP) is 12.3. The van der Waals surface area contributed by atoms with Crippen LogP contribution in [0.3, 0.4) is 0 Å². The molecule has 6 nitrogen and oxygen atoms in total. The molecule has 292 valence electrons. The van der Waals surface area contributed by atoms with Crippen LogP contribution in [-0.4, -0.2) is 60.9 Å². The number of hydrogen-bond acceptors (Lipinski definition) is 6. The SMILES string of the molecule is CCCCCCCCCOC(=O)CCCCCN(CCCO)CCCCCCCC(=O)OC(CCCCCCCC)CCCCCCCC. The third-order valence-electron chi connectivity index (χ3n) is 9.91. The average molecular weight is 696 g/mol. The summed E-state index contributed by atoms with van der Waals surface area (Å²) in [6, 6.07) is 0. The average Bonchev–Trinajstić information content (AvgIpc) is 3.10. The van der Waals surface area contributed by atoms with Crippen molar-refractivity contribution in [1.82, 2.24) is 4.90 Å². The lowest BCUT2D eigenvalue weighted by Crippen LogP contribution is -2.28. The van der Waals surface area contributed by atoms with Gasteiger partial charge in [0.1, 0.15) is 6.10 Å². The van der Waals surface area contributed by atoms with Crippen molar-refractivity contribution < 1.29 is 24.2 Å². The van der Waals surface area contributed by atoms with Gasteiger partial charge in [-0.2, -0.15) is 0 Å². The number of carbonyl (C=O) groups is 2. The second-order valence-corrected chi connectivity index (χ2v) is 14.8. The molecule has 0 heterocycles. The number of nitrogens with zero attached hydrogens (tertiary/aromatic N) is 1. The summed E-state index contributed by atoms with van der Waals surface area (Å²) >= 11 is 0. The van der Waals surface area contributed by atoms with E-state index in [0.717, 1.165) is 96.7 Å². The van der Waals surface area contributed by atoms with Gasteiger partial charge in [0.2, 0.25) is 0 Å². The number of ether oxygens (including phenoxy) is 2. The monoisotopic (exact) mass is 696 g/mol. The fourth-order valence-electron chi connectivity index (χ4n) is 6.68. The maximum absolute atomic E-state index is 12.7. The Hall–Kier alpha value is -1.14. The smallest absolute Gasteiger partial charge is 0.306 e. The fraction of sp³-hybridized carbons (Fsp3) is 0.953. The largest absolute Gasteiger partial charge is 0.466 e. The van der Waals surface area contributed by atoms with Gasteiger partial charge in [-0.25, -0.2) is 0 Å². The molecule has 0 aliphatic heterocycles. The highest BCUT2D eigenvalue weighted by molar-refractivity contribution is 5.69. The van der Waals surface area contributed by atoms with Gasteiger partial charge >= 0.3 is 11.9 Å². The normalized spacial score (nSPS) is 11.6. The van der Waals surface area contributed by atoms with Crippen LogP contribution < -0.4 is 0 Å². The van der Waals surface area contributed by atoms with Crippen molar-refractivity contribution in [3.63, 3.8) is 0 Å². The van der Waals surface area contributed by atoms with Crippen LogP contribution in [0.2, 0.25) is 0 Å². The lowest BCUT2D eigenvalue weighted by molar-refractivity contribution is -0.150. The second-order valence-electron chi connectivity index (χ2n) is 14.8. The van der Waals surface area contributed by atoms with Crippen LogP contribution in [0.25, 0.3) is 0 Å². The van der Waals surface area contributed by atoms with Gasteiger partial charge in [0.25, 0.3) is 0 Å². The Labute approximate surface area is 305 Å². The molecule has 0 amide bonds. The number of carbonyl (C=O) groups excluding carboxylic acids is 2. The minimum Gasteiger partial charge on any atom is -0.466 e. The number of esters is 2. The molecule has 6 heteroatoms. The van der Waals surface area contributed by atoms with Crippen molar-refractivity contribution >= 4 is 11.9 Å². The minimum absolute atomic E-state index is 0.0126. The summed E-state index contributed by atoms with van der Waals surface area (Å²) in [7, 11) is 0. The summed E-state index contributed by atoms with van der Waals surface area (Å²) in [6.45, 7) is 10.6. The van der Waals surface area contributed by atoms with E-state index in [9.17, 15) is 14.7 Å². The van der Waals surface area contributed by atoms with E-state index in [4.69, 9.17) is 9.47 Å². The Morgan fingerprint density at radius 2 is 0.857 bits per heavy atom. The Morgan fingerprint density at radius 1 is 0.469 bits per heavy atom. The Balaban J connectivity index is 4.07. The third kappa shape index (κ3) is 36.5. The van der Waals surface area contributed by atoms with Crippen LogP contribution in [0.4, 0.5) is 0 Å². The van der Waals surface area contributed by atoms with Gasteiger partial charge in [0.05, 0.1) is 6.61 Å². The second kappa shape index (κ2) is 39.6. The van der Waals surface area contributed by atoms with Crippen molar-refractivity contribution in [2.24, 2.45) is 0 Å². The van der Waals surface area contributed by atoms with Crippen LogP contribution in [0.1, 0.15) is 226 Å². The molecule has 0 aliphatic rings. The fourth-order valence-corrected chi connectivity index (χ4v) is 6.68. The van der Waals surface area contributed by atoms with E-state index >= 15 is 0 Å². The standard InChI is InChI=1S/C43H85NO5/c1-4-7-10-13-16-22-30-40-48-42(46)34-27-23-29-37-44(38-31-39-45)36-28-21-17-20-26-35-43(47)49-41(32-24-18-14-11-8-5-2)33-25-19-15-12-9-6-3/h41,45H,4-40H2,1-3H3. The molecule has 0 rings (SSSR count). The zero-order chi connectivity index (χ0) is 35.9. The van der Waals surface area contributed by atoms with Gasteiger partial charge in [-0.05, 0) is 77.3 Å². The van der Waals surface area contributed by atoms with Gasteiger partial charge in [-0.1, -0.05) is 149 Å². The van der Waals surface area contributed by atoms with Gasteiger partial charge in [0.15, 0.2) is 0 Å². The predicted molar refractivity (Wildman–Crippen MR) is 209 cm³/mol. The molecule has 0 atom stereocenters. The molecule has 0 unspecified atom stereocenters. The van der Waals surface area contributed by atoms with Crippen LogP contribution in [0.5, 0.6) is 0 Å². The highest BCUT2D eigenvalue weighted by atomic mass is 16.5. The number of aliphatic hydroxyl groups excluding tert-OH is 1. The van der Waals surface area contributed by atoms with Crippen molar-refractivity contribution in [3.05, 3.63) is 0 Å². The van der Waals surface area contributed by atoms with E-state index in [0.29, 0.717) is 19.4 Å². The first-order valence-electron chi connectivity index (χ1n) is 21.8. The summed E-state index contributed by atoms with van der Waals surface area (Å²) in [4.78, 5) is 27.2. The molecule has 0 radical (unpaired) electrons. The Kier molecular flexibility index (Phi) is 38.7. The highest BCUT2D eigenvalue weighted by Gasteiger charge is 2.14. The molecule has 0 saturated heterocycles. The van der Waals surface area contributed by atoms with Crippen LogP contribution >= 0.6 is 0 Å². The van der Waals surface area contributed by atoms with Crippen LogP contribution in [0.15, 0.2) is 0 Å². The molecule has 0 aromatic heterocycles. The molecule has 0 aromatic rings. The zero-order valence-corrected chi connectivity index (χ0v) is 33.3. The summed E-state index contributed by atoms with van der Waals surface area (Å²) in [5.74, 6) is -0.0314. The molecule has 0 aliphatic carbocycles. The first-order chi connectivity index (χ1) is 24.1. The first-order valence-corrected chi connectivity index (χ1v) is 21.8. The van der Waals surface area contributed by atoms with E-state index in [1.54, 1.807) is 0 Å². The topological polar surface area (TPSA) is 76.1 Å². The Bertz CT molecular complexity index is 671. The first kappa shape index (κ1) is 47.9. The third-order valence-corrected chi connectivity index (χ3v) is 9.91. The van der Waals surface area contributed by atoms with Gasteiger partial charge in [0, 0.05) is 26.0 Å². The molecule has 0 fully saturated rings. The van der Waals surface area contributed by atoms with Gasteiger partial charge < -0.3 is 19.5 Å². The van der Waals surface area contributed by atoms with E-state index in [-0.39, 0.29) is 24.6 Å². The van der Waals surface area contributed by atoms with E-state index < -0.39 is 0 Å². The molecule has 1 N–H and O–H groups in total. The molecular weight excluding hydrogens is 610 g/mol. The van der Waals surface area contributed by atoms with E-state index in [1.807, 2.05) is 0 Å². The van der Waals surface area contributed by atoms with Crippen LogP contribution in [0, 0.1) is 0 Å². The number of rotatable bonds is 40. The number of hydrogen-bond donors (Lipinski definition) is 1. The summed E-state index contributed by atoms with van der Waals surface area (Å²) in [6.07, 6.45) is 36.6. The lowest BCUT2D eigenvalue weighted by atomic mass is 10.0. The summed E-state index contributed by atoms with van der Waals surface area (Å²) in [5, 5.41) is 9.36. The van der Waals surface area contributed by atoms with Crippen molar-refractivity contribution in [3.8, 4) is 0 Å². The minimum atomic E-state index is -0.0440. The van der Waals surface area contributed by atoms with E-state index in [1.165, 1.54) is 116 Å². The van der Waals surface area contributed by atoms with Crippen molar-refractivity contribution in [2.75, 3.05) is 32.8 Å². The summed E-state index contributed by atoms with van der Waals surface area (Å²) < 4.78 is 11.4. The van der Waals surface area contributed by atoms with Gasteiger partial charge in [-0.15, -0.1) is 0 Å². The maximum Gasteiger partial charge on any atom is 0.306 e. The van der Waals surface area contributed by atoms with Crippen molar-refractivity contribution in [2.45, 2.75) is 232 Å². The quantitative estimate of drug-likeness (QED) is 0.0508. The summed E-state index contributed by atoms with van der Waals surface area (Å²) in [5.41, 5.74) is 0. The Morgan fingerprint density at radius 3 is 1.37 bits per heavy atom. The lowest BCUT2D eigenvalue weighted by Gasteiger charge is -2.22. The van der Waals surface area contributed by atoms with Gasteiger partial charge in [-0.3, -0.25) is 9.59 Å². The van der Waals surface area contributed by atoms with Crippen LogP contribution in [-0.2, 0) is 19.1 Å². The molecular formula is C43H85NO5. The highest BCUT2D eigenvalue weighted by Crippen LogP contribution is 2.18. The molecule has 49 heavy (non-hydrogen) atoms. The molecule has 0 bridgehead atoms. The molecule has 0 spiro atoms. The molecule has 0 saturated carbocycles. The maximum atomic E-state index is 12.7.